The van der Waals surface area contributed by atoms with Crippen LogP contribution in [0.2, 0.25) is 5.02 Å². The standard InChI is InChI=1S/C32H32ClF2N5O6S/c1-18(41)46-27-17-45-31-23(27)14-19(33)15-28(31)47(42,43)39-26-5-3-4-21(30(26)35)22-6-7-25-24(29(22)34)16-36-32(38-25)37-20-8-10-40(11-9-20)12-13-44-2/h3-7,14-16,20,27,39H,8-13,17H2,1-2H3,(H,36,37,38)/t27-/m1/s1. The molecular formula is C32H32ClF2N5O6S. The van der Waals surface area contributed by atoms with Gasteiger partial charge in [0.25, 0.3) is 10.0 Å². The molecule has 1 fully saturated rings. The molecule has 0 bridgehead atoms. The summed E-state index contributed by atoms with van der Waals surface area (Å²) in [5.74, 6) is -2.02. The SMILES string of the molecule is COCCN1CCC(Nc2ncc3c(F)c(-c4cccc(NS(=O)(=O)c5cc(Cl)cc6c5OC[C@H]6OC(C)=O)c4F)ccc3n2)CC1. The summed E-state index contributed by atoms with van der Waals surface area (Å²) in [7, 11) is -2.79. The number of rotatable bonds is 10. The molecule has 2 aliphatic heterocycles. The molecule has 0 unspecified atom stereocenters. The molecule has 1 saturated heterocycles. The molecule has 2 aliphatic rings. The molecule has 11 nitrogen and oxygen atoms in total. The Labute approximate surface area is 275 Å². The fourth-order valence-electron chi connectivity index (χ4n) is 5.80. The van der Waals surface area contributed by atoms with Crippen molar-refractivity contribution < 1.29 is 36.2 Å². The minimum absolute atomic E-state index is 0.0446. The van der Waals surface area contributed by atoms with Gasteiger partial charge in [0.15, 0.2) is 11.9 Å². The van der Waals surface area contributed by atoms with Crippen LogP contribution in [0.25, 0.3) is 22.0 Å². The van der Waals surface area contributed by atoms with Crippen LogP contribution in [0.15, 0.2) is 53.6 Å². The fourth-order valence-corrected chi connectivity index (χ4v) is 7.35. The van der Waals surface area contributed by atoms with Gasteiger partial charge in [0.2, 0.25) is 5.95 Å². The average Bonchev–Trinajstić information content (AvgIpc) is 3.43. The van der Waals surface area contributed by atoms with Crippen LogP contribution in [-0.2, 0) is 24.3 Å². The third-order valence-corrected chi connectivity index (χ3v) is 9.73. The number of halogens is 3. The summed E-state index contributed by atoms with van der Waals surface area (Å²) in [5, 5.41) is 3.46. The van der Waals surface area contributed by atoms with Crippen molar-refractivity contribution >= 4 is 50.1 Å². The Morgan fingerprint density at radius 3 is 2.64 bits per heavy atom. The predicted octanol–water partition coefficient (Wildman–Crippen LogP) is 5.55. The highest BCUT2D eigenvalue weighted by Crippen LogP contribution is 2.43. The zero-order chi connectivity index (χ0) is 33.3. The lowest BCUT2D eigenvalue weighted by atomic mass is 10.0. The van der Waals surface area contributed by atoms with Gasteiger partial charge in [-0.25, -0.2) is 27.2 Å². The van der Waals surface area contributed by atoms with E-state index >= 15 is 8.78 Å². The van der Waals surface area contributed by atoms with E-state index in [0.717, 1.165) is 38.5 Å². The fraction of sp³-hybridized carbons (Fsp3) is 0.344. The first-order valence-electron chi connectivity index (χ1n) is 14.9. The molecule has 3 aromatic carbocycles. The minimum atomic E-state index is -4.47. The molecule has 47 heavy (non-hydrogen) atoms. The molecule has 1 aromatic heterocycles. The number of carbonyl (C=O) groups excluding carboxylic acids is 1. The number of hydrogen-bond donors (Lipinski definition) is 2. The highest BCUT2D eigenvalue weighted by atomic mass is 35.5. The number of ether oxygens (including phenoxy) is 3. The number of benzene rings is 3. The van der Waals surface area contributed by atoms with Crippen molar-refractivity contribution in [3.05, 3.63) is 70.9 Å². The molecule has 0 amide bonds. The third-order valence-electron chi connectivity index (χ3n) is 8.14. The minimum Gasteiger partial charge on any atom is -0.487 e. The van der Waals surface area contributed by atoms with Gasteiger partial charge < -0.3 is 24.4 Å². The molecular weight excluding hydrogens is 656 g/mol. The Balaban J connectivity index is 1.23. The van der Waals surface area contributed by atoms with Gasteiger partial charge in [-0.1, -0.05) is 23.7 Å². The summed E-state index contributed by atoms with van der Waals surface area (Å²) in [6.45, 7) is 4.50. The molecule has 1 atom stereocenters. The van der Waals surface area contributed by atoms with Gasteiger partial charge in [-0.05, 0) is 43.2 Å². The van der Waals surface area contributed by atoms with E-state index in [-0.39, 0.29) is 50.4 Å². The summed E-state index contributed by atoms with van der Waals surface area (Å²) in [6.07, 6.45) is 2.30. The number of anilines is 2. The number of nitrogens with one attached hydrogen (secondary N) is 2. The van der Waals surface area contributed by atoms with Gasteiger partial charge in [-0.3, -0.25) is 9.52 Å². The molecule has 6 rings (SSSR count). The zero-order valence-corrected chi connectivity index (χ0v) is 27.1. The number of nitrogens with zero attached hydrogens (tertiary/aromatic N) is 3. The maximum atomic E-state index is 15.9. The Morgan fingerprint density at radius 2 is 1.89 bits per heavy atom. The number of esters is 1. The van der Waals surface area contributed by atoms with Crippen molar-refractivity contribution in [2.75, 3.05) is 50.0 Å². The van der Waals surface area contributed by atoms with E-state index in [4.69, 9.17) is 25.8 Å². The smallest absolute Gasteiger partial charge is 0.303 e. The number of carbonyl (C=O) groups is 1. The topological polar surface area (TPSA) is 132 Å². The van der Waals surface area contributed by atoms with Gasteiger partial charge in [0.05, 0.1) is 23.2 Å². The normalized spacial score (nSPS) is 16.9. The second kappa shape index (κ2) is 13.6. The Hall–Kier alpha value is -4.11. The van der Waals surface area contributed by atoms with Crippen molar-refractivity contribution in [2.45, 2.75) is 36.8 Å². The summed E-state index contributed by atoms with van der Waals surface area (Å²) in [6, 6.07) is 9.69. The van der Waals surface area contributed by atoms with E-state index in [9.17, 15) is 13.2 Å². The number of methoxy groups -OCH3 is 1. The molecule has 0 radical (unpaired) electrons. The van der Waals surface area contributed by atoms with Gasteiger partial charge in [-0.2, -0.15) is 0 Å². The first-order chi connectivity index (χ1) is 22.5. The lowest BCUT2D eigenvalue weighted by Crippen LogP contribution is -2.40. The molecule has 0 saturated carbocycles. The zero-order valence-electron chi connectivity index (χ0n) is 25.6. The van der Waals surface area contributed by atoms with Crippen LogP contribution in [0.3, 0.4) is 0 Å². The first-order valence-corrected chi connectivity index (χ1v) is 16.8. The molecule has 3 heterocycles. The van der Waals surface area contributed by atoms with Gasteiger partial charge in [-0.15, -0.1) is 0 Å². The van der Waals surface area contributed by atoms with Crippen molar-refractivity contribution in [1.82, 2.24) is 14.9 Å². The van der Waals surface area contributed by atoms with E-state index in [0.29, 0.717) is 18.1 Å². The largest absolute Gasteiger partial charge is 0.487 e. The Kier molecular flexibility index (Phi) is 9.46. The van der Waals surface area contributed by atoms with E-state index in [1.54, 1.807) is 13.2 Å². The molecule has 15 heteroatoms. The second-order valence-corrected chi connectivity index (χ2v) is 13.4. The lowest BCUT2D eigenvalue weighted by molar-refractivity contribution is -0.147. The van der Waals surface area contributed by atoms with Crippen LogP contribution >= 0.6 is 11.6 Å². The average molecular weight is 688 g/mol. The van der Waals surface area contributed by atoms with Crippen LogP contribution in [0.5, 0.6) is 5.75 Å². The van der Waals surface area contributed by atoms with Crippen molar-refractivity contribution in [3.8, 4) is 16.9 Å². The van der Waals surface area contributed by atoms with E-state index in [2.05, 4.69) is 24.9 Å². The molecule has 2 N–H and O–H groups in total. The number of fused-ring (bicyclic) bond motifs is 2. The van der Waals surface area contributed by atoms with Crippen LogP contribution in [-0.4, -0.2) is 75.3 Å². The molecule has 4 aromatic rings. The number of sulfonamides is 1. The molecule has 0 aliphatic carbocycles. The number of aromatic nitrogens is 2. The van der Waals surface area contributed by atoms with Gasteiger partial charge >= 0.3 is 5.97 Å². The first kappa shape index (κ1) is 32.8. The highest BCUT2D eigenvalue weighted by Gasteiger charge is 2.34. The van der Waals surface area contributed by atoms with Crippen LogP contribution in [0, 0.1) is 11.6 Å². The summed E-state index contributed by atoms with van der Waals surface area (Å²) >= 11 is 6.20. The Bertz CT molecular complexity index is 1940. The summed E-state index contributed by atoms with van der Waals surface area (Å²) in [5.41, 5.74) is -0.0892. The van der Waals surface area contributed by atoms with E-state index in [1.807, 2.05) is 0 Å². The quantitative estimate of drug-likeness (QED) is 0.205. The summed E-state index contributed by atoms with van der Waals surface area (Å²) < 4.78 is 76.9. The van der Waals surface area contributed by atoms with Gasteiger partial charge in [0, 0.05) is 67.6 Å². The predicted molar refractivity (Wildman–Crippen MR) is 172 cm³/mol. The van der Waals surface area contributed by atoms with Crippen LogP contribution in [0.1, 0.15) is 31.4 Å². The monoisotopic (exact) mass is 687 g/mol. The number of likely N-dealkylation sites (tertiary alicyclic amines) is 1. The molecule has 0 spiro atoms. The highest BCUT2D eigenvalue weighted by molar-refractivity contribution is 7.92. The maximum Gasteiger partial charge on any atom is 0.303 e. The summed E-state index contributed by atoms with van der Waals surface area (Å²) in [4.78, 5) is 22.3. The number of piperidine rings is 1. The Morgan fingerprint density at radius 1 is 1.13 bits per heavy atom. The molecule has 248 valence electrons. The maximum absolute atomic E-state index is 15.9. The van der Waals surface area contributed by atoms with E-state index < -0.39 is 39.4 Å². The van der Waals surface area contributed by atoms with E-state index in [1.165, 1.54) is 43.5 Å². The third kappa shape index (κ3) is 6.96. The van der Waals surface area contributed by atoms with Crippen molar-refractivity contribution in [2.24, 2.45) is 0 Å². The van der Waals surface area contributed by atoms with Crippen LogP contribution in [0.4, 0.5) is 20.4 Å². The lowest BCUT2D eigenvalue weighted by Gasteiger charge is -2.32. The number of hydrogen-bond acceptors (Lipinski definition) is 10. The second-order valence-electron chi connectivity index (χ2n) is 11.3. The van der Waals surface area contributed by atoms with Crippen LogP contribution < -0.4 is 14.8 Å². The van der Waals surface area contributed by atoms with Crippen molar-refractivity contribution in [3.63, 3.8) is 0 Å². The van der Waals surface area contributed by atoms with Gasteiger partial charge in [0.1, 0.15) is 23.1 Å². The van der Waals surface area contributed by atoms with Crippen molar-refractivity contribution in [1.29, 1.82) is 0 Å².